The number of carbonyl (C=O) groups excluding carboxylic acids is 1. The van der Waals surface area contributed by atoms with Crippen LogP contribution in [-0.2, 0) is 6.42 Å². The number of benzene rings is 1. The molecule has 0 aliphatic heterocycles. The quantitative estimate of drug-likeness (QED) is 0.817. The Morgan fingerprint density at radius 2 is 1.96 bits per heavy atom. The van der Waals surface area contributed by atoms with E-state index < -0.39 is 0 Å². The summed E-state index contributed by atoms with van der Waals surface area (Å²) >= 11 is 5.86. The molecule has 6 heteroatoms. The van der Waals surface area contributed by atoms with Crippen LogP contribution >= 0.6 is 11.6 Å². The van der Waals surface area contributed by atoms with Gasteiger partial charge < -0.3 is 10.6 Å². The molecule has 0 aliphatic carbocycles. The van der Waals surface area contributed by atoms with Crippen LogP contribution in [0.5, 0.6) is 0 Å². The number of anilines is 1. The summed E-state index contributed by atoms with van der Waals surface area (Å²) in [5, 5.41) is 6.70. The Morgan fingerprint density at radius 3 is 2.65 bits per heavy atom. The number of nitrogens with one attached hydrogen (secondary N) is 2. The van der Waals surface area contributed by atoms with Crippen molar-refractivity contribution in [2.75, 3.05) is 18.4 Å². The van der Waals surface area contributed by atoms with Gasteiger partial charge in [-0.2, -0.15) is 0 Å². The van der Waals surface area contributed by atoms with Crippen molar-refractivity contribution in [1.29, 1.82) is 0 Å². The van der Waals surface area contributed by atoms with Gasteiger partial charge in [0.2, 0.25) is 5.95 Å². The van der Waals surface area contributed by atoms with Crippen molar-refractivity contribution in [3.63, 3.8) is 0 Å². The van der Waals surface area contributed by atoms with Crippen LogP contribution in [0.2, 0.25) is 5.02 Å². The molecular formula is C17H21ClN4O. The normalized spacial score (nSPS) is 10.6. The van der Waals surface area contributed by atoms with E-state index in [1.54, 1.807) is 12.3 Å². The van der Waals surface area contributed by atoms with E-state index in [0.717, 1.165) is 11.4 Å². The van der Waals surface area contributed by atoms with Crippen molar-refractivity contribution in [3.8, 4) is 0 Å². The molecule has 2 rings (SSSR count). The van der Waals surface area contributed by atoms with Crippen LogP contribution in [0.25, 0.3) is 0 Å². The predicted molar refractivity (Wildman–Crippen MR) is 92.8 cm³/mol. The van der Waals surface area contributed by atoms with Crippen LogP contribution in [0.15, 0.2) is 36.5 Å². The standard InChI is InChI=1S/C17H21ClN4O/c1-12(2)11-21-16(23)15-8-10-20-17(22-15)19-9-7-13-3-5-14(18)6-4-13/h3-6,8,10,12H,7,9,11H2,1-2H3,(H,21,23)(H,19,20,22). The van der Waals surface area contributed by atoms with Gasteiger partial charge in [-0.3, -0.25) is 4.79 Å². The highest BCUT2D eigenvalue weighted by molar-refractivity contribution is 6.30. The lowest BCUT2D eigenvalue weighted by Crippen LogP contribution is -2.28. The van der Waals surface area contributed by atoms with Gasteiger partial charge in [0.05, 0.1) is 0 Å². The fraction of sp³-hybridized carbons (Fsp3) is 0.353. The van der Waals surface area contributed by atoms with Crippen LogP contribution in [0.1, 0.15) is 29.9 Å². The molecule has 23 heavy (non-hydrogen) atoms. The largest absolute Gasteiger partial charge is 0.354 e. The lowest BCUT2D eigenvalue weighted by Gasteiger charge is -2.09. The Hall–Kier alpha value is -2.14. The van der Waals surface area contributed by atoms with Crippen molar-refractivity contribution in [2.45, 2.75) is 20.3 Å². The fourth-order valence-electron chi connectivity index (χ4n) is 1.93. The molecule has 1 heterocycles. The molecule has 1 aromatic carbocycles. The third kappa shape index (κ3) is 5.87. The summed E-state index contributed by atoms with van der Waals surface area (Å²) in [5.41, 5.74) is 1.54. The van der Waals surface area contributed by atoms with Gasteiger partial charge in [0.25, 0.3) is 5.91 Å². The second-order valence-electron chi connectivity index (χ2n) is 5.67. The molecule has 2 aromatic rings. The van der Waals surface area contributed by atoms with Crippen molar-refractivity contribution >= 4 is 23.5 Å². The topological polar surface area (TPSA) is 66.9 Å². The molecule has 0 bridgehead atoms. The monoisotopic (exact) mass is 332 g/mol. The Labute approximate surface area is 141 Å². The van der Waals surface area contributed by atoms with Crippen LogP contribution in [0.3, 0.4) is 0 Å². The summed E-state index contributed by atoms with van der Waals surface area (Å²) in [5.74, 6) is 0.677. The number of rotatable bonds is 7. The average molecular weight is 333 g/mol. The second-order valence-corrected chi connectivity index (χ2v) is 6.11. The molecule has 0 atom stereocenters. The molecule has 0 aliphatic rings. The molecule has 5 nitrogen and oxygen atoms in total. The Balaban J connectivity index is 1.87. The molecule has 122 valence electrons. The van der Waals surface area contributed by atoms with Gasteiger partial charge in [-0.25, -0.2) is 9.97 Å². The first-order valence-electron chi connectivity index (χ1n) is 7.64. The first kappa shape index (κ1) is 17.2. The summed E-state index contributed by atoms with van der Waals surface area (Å²) < 4.78 is 0. The molecule has 0 radical (unpaired) electrons. The van der Waals surface area contributed by atoms with E-state index in [9.17, 15) is 4.79 Å². The highest BCUT2D eigenvalue weighted by Gasteiger charge is 2.08. The number of halogens is 1. The molecule has 1 amide bonds. The Bertz CT molecular complexity index is 643. The van der Waals surface area contributed by atoms with E-state index in [4.69, 9.17) is 11.6 Å². The molecule has 1 aromatic heterocycles. The average Bonchev–Trinajstić information content (AvgIpc) is 2.55. The smallest absolute Gasteiger partial charge is 0.270 e. The zero-order chi connectivity index (χ0) is 16.7. The summed E-state index contributed by atoms with van der Waals surface area (Å²) in [6.07, 6.45) is 2.41. The van der Waals surface area contributed by atoms with Crippen molar-refractivity contribution < 1.29 is 4.79 Å². The molecule has 0 fully saturated rings. The van der Waals surface area contributed by atoms with Crippen molar-refractivity contribution in [2.24, 2.45) is 5.92 Å². The summed E-state index contributed by atoms with van der Waals surface area (Å²) in [6, 6.07) is 9.32. The predicted octanol–water partition coefficient (Wildman–Crippen LogP) is 3.17. The lowest BCUT2D eigenvalue weighted by atomic mass is 10.1. The minimum Gasteiger partial charge on any atom is -0.354 e. The molecule has 0 unspecified atom stereocenters. The first-order chi connectivity index (χ1) is 11.0. The van der Waals surface area contributed by atoms with E-state index >= 15 is 0 Å². The Kier molecular flexibility index (Phi) is 6.35. The zero-order valence-corrected chi connectivity index (χ0v) is 14.1. The maximum atomic E-state index is 12.0. The van der Waals surface area contributed by atoms with Gasteiger partial charge in [-0.15, -0.1) is 0 Å². The first-order valence-corrected chi connectivity index (χ1v) is 8.02. The molecule has 0 spiro atoms. The van der Waals surface area contributed by atoms with E-state index in [1.807, 2.05) is 38.1 Å². The number of hydrogen-bond donors (Lipinski definition) is 2. The van der Waals surface area contributed by atoms with E-state index in [-0.39, 0.29) is 5.91 Å². The summed E-state index contributed by atoms with van der Waals surface area (Å²) in [7, 11) is 0. The Morgan fingerprint density at radius 1 is 1.22 bits per heavy atom. The number of aromatic nitrogens is 2. The molecular weight excluding hydrogens is 312 g/mol. The molecule has 0 saturated carbocycles. The van der Waals surface area contributed by atoms with Crippen molar-refractivity contribution in [3.05, 3.63) is 52.8 Å². The number of carbonyl (C=O) groups is 1. The van der Waals surface area contributed by atoms with Gasteiger partial charge >= 0.3 is 0 Å². The maximum Gasteiger partial charge on any atom is 0.270 e. The van der Waals surface area contributed by atoms with E-state index in [0.29, 0.717) is 30.6 Å². The zero-order valence-electron chi connectivity index (χ0n) is 13.3. The summed E-state index contributed by atoms with van der Waals surface area (Å²) in [4.78, 5) is 20.4. The fourth-order valence-corrected chi connectivity index (χ4v) is 2.05. The van der Waals surface area contributed by atoms with Gasteiger partial charge in [0.15, 0.2) is 0 Å². The van der Waals surface area contributed by atoms with Crippen LogP contribution in [0.4, 0.5) is 5.95 Å². The maximum absolute atomic E-state index is 12.0. The number of nitrogens with zero attached hydrogens (tertiary/aromatic N) is 2. The third-order valence-electron chi connectivity index (χ3n) is 3.17. The van der Waals surface area contributed by atoms with Crippen LogP contribution in [0, 0.1) is 5.92 Å². The second kappa shape index (κ2) is 8.48. The van der Waals surface area contributed by atoms with Crippen LogP contribution < -0.4 is 10.6 Å². The minimum atomic E-state index is -0.179. The highest BCUT2D eigenvalue weighted by atomic mass is 35.5. The SMILES string of the molecule is CC(C)CNC(=O)c1ccnc(NCCc2ccc(Cl)cc2)n1. The lowest BCUT2D eigenvalue weighted by molar-refractivity contribution is 0.0944. The summed E-state index contributed by atoms with van der Waals surface area (Å²) in [6.45, 7) is 5.40. The van der Waals surface area contributed by atoms with Gasteiger partial charge in [-0.1, -0.05) is 37.6 Å². The van der Waals surface area contributed by atoms with E-state index in [1.165, 1.54) is 5.56 Å². The van der Waals surface area contributed by atoms with Crippen molar-refractivity contribution in [1.82, 2.24) is 15.3 Å². The third-order valence-corrected chi connectivity index (χ3v) is 3.42. The van der Waals surface area contributed by atoms with E-state index in [2.05, 4.69) is 20.6 Å². The number of hydrogen-bond acceptors (Lipinski definition) is 4. The van der Waals surface area contributed by atoms with Gasteiger partial charge in [0, 0.05) is 24.3 Å². The van der Waals surface area contributed by atoms with Gasteiger partial charge in [0.1, 0.15) is 5.69 Å². The minimum absolute atomic E-state index is 0.179. The van der Waals surface area contributed by atoms with Crippen LogP contribution in [-0.4, -0.2) is 29.0 Å². The highest BCUT2D eigenvalue weighted by Crippen LogP contribution is 2.10. The molecule has 0 saturated heterocycles. The number of amides is 1. The molecule has 2 N–H and O–H groups in total. The van der Waals surface area contributed by atoms with Gasteiger partial charge in [-0.05, 0) is 36.1 Å².